The molecule has 0 amide bonds. The second-order valence-electron chi connectivity index (χ2n) is 3.42. The Morgan fingerprint density at radius 1 is 1.36 bits per heavy atom. The maximum atomic E-state index is 4.01. The third kappa shape index (κ3) is 2.59. The molecule has 0 aromatic heterocycles. The third-order valence-corrected chi connectivity index (χ3v) is 2.31. The predicted molar refractivity (Wildman–Crippen MR) is 63.8 cm³/mol. The first-order valence-electron chi connectivity index (χ1n) is 5.06. The summed E-state index contributed by atoms with van der Waals surface area (Å²) >= 11 is 0. The summed E-state index contributed by atoms with van der Waals surface area (Å²) in [7, 11) is 2.10. The van der Waals surface area contributed by atoms with E-state index in [1.165, 1.54) is 12.8 Å². The number of aliphatic imine (C=N–C) groups is 1. The van der Waals surface area contributed by atoms with E-state index >= 15 is 0 Å². The van der Waals surface area contributed by atoms with E-state index in [1.54, 1.807) is 0 Å². The molecule has 0 bridgehead atoms. The van der Waals surface area contributed by atoms with Crippen molar-refractivity contribution in [2.24, 2.45) is 4.99 Å². The number of anilines is 1. The summed E-state index contributed by atoms with van der Waals surface area (Å²) < 4.78 is 0. The van der Waals surface area contributed by atoms with Crippen LogP contribution in [0.15, 0.2) is 29.3 Å². The zero-order valence-corrected chi connectivity index (χ0v) is 9.03. The van der Waals surface area contributed by atoms with Crippen LogP contribution in [0.1, 0.15) is 19.8 Å². The molecular formula is C12H18N2. The number of unbranched alkanes of at least 4 members (excludes halogenated alkanes) is 1. The third-order valence-electron chi connectivity index (χ3n) is 2.31. The van der Waals surface area contributed by atoms with Crippen molar-refractivity contribution in [1.29, 1.82) is 0 Å². The van der Waals surface area contributed by atoms with Gasteiger partial charge in [0.1, 0.15) is 0 Å². The van der Waals surface area contributed by atoms with Gasteiger partial charge < -0.3 is 4.90 Å². The summed E-state index contributed by atoms with van der Waals surface area (Å²) in [5.74, 6) is 0. The molecule has 0 spiro atoms. The first kappa shape index (κ1) is 10.8. The molecule has 14 heavy (non-hydrogen) atoms. The molecule has 1 aromatic carbocycles. The highest BCUT2D eigenvalue weighted by atomic mass is 15.1. The second kappa shape index (κ2) is 5.43. The molecule has 0 fully saturated rings. The van der Waals surface area contributed by atoms with Crippen LogP contribution in [0.4, 0.5) is 11.4 Å². The number of hydrogen-bond acceptors (Lipinski definition) is 2. The zero-order valence-electron chi connectivity index (χ0n) is 9.03. The van der Waals surface area contributed by atoms with Crippen LogP contribution in [0.25, 0.3) is 0 Å². The molecule has 0 aliphatic heterocycles. The largest absolute Gasteiger partial charge is 0.373 e. The minimum absolute atomic E-state index is 0.964. The van der Waals surface area contributed by atoms with E-state index < -0.39 is 0 Å². The van der Waals surface area contributed by atoms with Gasteiger partial charge in [0.2, 0.25) is 0 Å². The summed E-state index contributed by atoms with van der Waals surface area (Å²) in [5.41, 5.74) is 2.13. The smallest absolute Gasteiger partial charge is 0.0855 e. The van der Waals surface area contributed by atoms with Crippen molar-refractivity contribution in [2.45, 2.75) is 19.8 Å². The van der Waals surface area contributed by atoms with Gasteiger partial charge in [-0.25, -0.2) is 0 Å². The lowest BCUT2D eigenvalue weighted by Gasteiger charge is -2.20. The van der Waals surface area contributed by atoms with E-state index in [-0.39, 0.29) is 0 Å². The number of nitrogens with zero attached hydrogens (tertiary/aromatic N) is 2. The Hall–Kier alpha value is -1.31. The maximum Gasteiger partial charge on any atom is 0.0855 e. The van der Waals surface area contributed by atoms with Crippen LogP contribution in [0.5, 0.6) is 0 Å². The Kier molecular flexibility index (Phi) is 4.17. The predicted octanol–water partition coefficient (Wildman–Crippen LogP) is 3.26. The quantitative estimate of drug-likeness (QED) is 0.651. The molecule has 2 nitrogen and oxygen atoms in total. The lowest BCUT2D eigenvalue weighted by molar-refractivity contribution is 0.767. The van der Waals surface area contributed by atoms with Crippen molar-refractivity contribution >= 4 is 18.1 Å². The van der Waals surface area contributed by atoms with E-state index in [0.29, 0.717) is 0 Å². The average Bonchev–Trinajstić information content (AvgIpc) is 2.25. The lowest BCUT2D eigenvalue weighted by Crippen LogP contribution is -2.18. The van der Waals surface area contributed by atoms with Gasteiger partial charge in [0.05, 0.1) is 11.4 Å². The summed E-state index contributed by atoms with van der Waals surface area (Å²) in [6.45, 7) is 6.85. The van der Waals surface area contributed by atoms with Crippen molar-refractivity contribution < 1.29 is 0 Å². The number of benzene rings is 1. The van der Waals surface area contributed by atoms with E-state index in [4.69, 9.17) is 0 Å². The molecule has 0 aliphatic rings. The van der Waals surface area contributed by atoms with E-state index in [1.807, 2.05) is 18.2 Å². The van der Waals surface area contributed by atoms with Crippen LogP contribution < -0.4 is 4.90 Å². The second-order valence-corrected chi connectivity index (χ2v) is 3.42. The standard InChI is InChI=1S/C12H18N2/c1-4-5-10-14(3)12-9-7-6-8-11(12)13-2/h6-9H,2,4-5,10H2,1,3H3. The zero-order chi connectivity index (χ0) is 10.4. The van der Waals surface area contributed by atoms with Crippen molar-refractivity contribution in [3.8, 4) is 0 Å². The van der Waals surface area contributed by atoms with E-state index in [2.05, 4.69) is 36.6 Å². The highest BCUT2D eigenvalue weighted by Crippen LogP contribution is 2.26. The van der Waals surface area contributed by atoms with Crippen LogP contribution >= 0.6 is 0 Å². The van der Waals surface area contributed by atoms with Gasteiger partial charge in [0, 0.05) is 13.6 Å². The number of rotatable bonds is 5. The highest BCUT2D eigenvalue weighted by Gasteiger charge is 2.03. The van der Waals surface area contributed by atoms with Gasteiger partial charge in [-0.1, -0.05) is 25.5 Å². The molecule has 2 heteroatoms. The van der Waals surface area contributed by atoms with Crippen LogP contribution in [0.3, 0.4) is 0 Å². The van der Waals surface area contributed by atoms with Gasteiger partial charge in [-0.3, -0.25) is 4.99 Å². The fourth-order valence-corrected chi connectivity index (χ4v) is 1.44. The molecule has 1 rings (SSSR count). The van der Waals surface area contributed by atoms with Gasteiger partial charge in [0.25, 0.3) is 0 Å². The molecule has 76 valence electrons. The minimum atomic E-state index is 0.964. The lowest BCUT2D eigenvalue weighted by atomic mass is 10.2. The van der Waals surface area contributed by atoms with Gasteiger partial charge in [-0.15, -0.1) is 0 Å². The molecule has 1 aromatic rings. The molecule has 0 N–H and O–H groups in total. The maximum absolute atomic E-state index is 4.01. The van der Waals surface area contributed by atoms with Crippen molar-refractivity contribution in [3.63, 3.8) is 0 Å². The highest BCUT2D eigenvalue weighted by molar-refractivity contribution is 5.68. The average molecular weight is 190 g/mol. The SMILES string of the molecule is C=Nc1ccccc1N(C)CCCC. The Labute approximate surface area is 86.3 Å². The molecule has 0 saturated carbocycles. The van der Waals surface area contributed by atoms with Gasteiger partial charge in [0.15, 0.2) is 0 Å². The molecule has 0 heterocycles. The number of hydrogen-bond donors (Lipinski definition) is 0. The van der Waals surface area contributed by atoms with Gasteiger partial charge in [-0.05, 0) is 25.3 Å². The van der Waals surface area contributed by atoms with E-state index in [9.17, 15) is 0 Å². The summed E-state index contributed by atoms with van der Waals surface area (Å²) in [5, 5.41) is 0. The first-order chi connectivity index (χ1) is 6.79. The monoisotopic (exact) mass is 190 g/mol. The van der Waals surface area contributed by atoms with Crippen LogP contribution in [-0.2, 0) is 0 Å². The van der Waals surface area contributed by atoms with Crippen LogP contribution in [-0.4, -0.2) is 20.3 Å². The van der Waals surface area contributed by atoms with Crippen LogP contribution in [0, 0.1) is 0 Å². The normalized spacial score (nSPS) is 9.86. The van der Waals surface area contributed by atoms with E-state index in [0.717, 1.165) is 17.9 Å². The Bertz CT molecular complexity index is 294. The Morgan fingerprint density at radius 3 is 2.71 bits per heavy atom. The topological polar surface area (TPSA) is 15.6 Å². The molecule has 0 radical (unpaired) electrons. The fourth-order valence-electron chi connectivity index (χ4n) is 1.44. The van der Waals surface area contributed by atoms with Gasteiger partial charge in [-0.2, -0.15) is 0 Å². The molecule has 0 aliphatic carbocycles. The molecule has 0 unspecified atom stereocenters. The molecule has 0 atom stereocenters. The number of para-hydroxylation sites is 2. The Balaban J connectivity index is 2.77. The summed E-state index contributed by atoms with van der Waals surface area (Å²) in [6.07, 6.45) is 2.43. The first-order valence-corrected chi connectivity index (χ1v) is 5.06. The molecular weight excluding hydrogens is 172 g/mol. The fraction of sp³-hybridized carbons (Fsp3) is 0.417. The summed E-state index contributed by atoms with van der Waals surface area (Å²) in [6, 6.07) is 8.10. The molecule has 0 saturated heterocycles. The van der Waals surface area contributed by atoms with Gasteiger partial charge >= 0.3 is 0 Å². The van der Waals surface area contributed by atoms with Crippen molar-refractivity contribution in [1.82, 2.24) is 0 Å². The van der Waals surface area contributed by atoms with Crippen molar-refractivity contribution in [2.75, 3.05) is 18.5 Å². The summed E-state index contributed by atoms with van der Waals surface area (Å²) in [4.78, 5) is 6.24. The van der Waals surface area contributed by atoms with Crippen LogP contribution in [0.2, 0.25) is 0 Å². The minimum Gasteiger partial charge on any atom is -0.373 e. The Morgan fingerprint density at radius 2 is 2.07 bits per heavy atom. The van der Waals surface area contributed by atoms with Crippen molar-refractivity contribution in [3.05, 3.63) is 24.3 Å².